The molecule has 0 atom stereocenters. The summed E-state index contributed by atoms with van der Waals surface area (Å²) in [6, 6.07) is 23.1. The van der Waals surface area contributed by atoms with Crippen LogP contribution in [0.25, 0.3) is 39.4 Å². The summed E-state index contributed by atoms with van der Waals surface area (Å²) >= 11 is 12.6. The number of benzene rings is 3. The van der Waals surface area contributed by atoms with E-state index in [2.05, 4.69) is 4.98 Å². The van der Waals surface area contributed by atoms with Gasteiger partial charge in [-0.15, -0.1) is 0 Å². The lowest BCUT2D eigenvalue weighted by Gasteiger charge is -2.05. The monoisotopic (exact) mass is 391 g/mol. The molecule has 0 bridgehead atoms. The first-order valence-electron chi connectivity index (χ1n) is 8.42. The molecular weight excluding hydrogens is 379 g/mol. The van der Waals surface area contributed by atoms with Crippen molar-refractivity contribution in [1.29, 1.82) is 0 Å². The minimum Gasteiger partial charge on any atom is -0.251 e. The molecule has 130 valence electrons. The molecule has 0 aliphatic rings. The minimum atomic E-state index is 0.633. The third kappa shape index (κ3) is 2.74. The van der Waals surface area contributed by atoms with E-state index in [1.54, 1.807) is 0 Å². The second kappa shape index (κ2) is 6.34. The SMILES string of the molecule is Clc1ccc(-c2[nH]c3nc4ccccc4nc3[n+]2-c2ccccc2Cl)cc1. The smallest absolute Gasteiger partial charge is 0.251 e. The van der Waals surface area contributed by atoms with Gasteiger partial charge in [-0.3, -0.25) is 4.98 Å². The van der Waals surface area contributed by atoms with Gasteiger partial charge in [-0.2, -0.15) is 4.57 Å². The van der Waals surface area contributed by atoms with Gasteiger partial charge in [0.25, 0.3) is 5.65 Å². The average Bonchev–Trinajstić information content (AvgIpc) is 3.05. The molecule has 0 spiro atoms. The van der Waals surface area contributed by atoms with Crippen LogP contribution in [-0.4, -0.2) is 15.0 Å². The molecule has 6 heteroatoms. The molecule has 0 aliphatic carbocycles. The Morgan fingerprint density at radius 2 is 1.41 bits per heavy atom. The normalized spacial score (nSPS) is 11.3. The van der Waals surface area contributed by atoms with Crippen molar-refractivity contribution in [3.63, 3.8) is 0 Å². The fourth-order valence-electron chi connectivity index (χ4n) is 3.18. The van der Waals surface area contributed by atoms with Crippen LogP contribution in [0.5, 0.6) is 0 Å². The summed E-state index contributed by atoms with van der Waals surface area (Å²) in [6.45, 7) is 0. The Bertz CT molecular complexity index is 1290. The van der Waals surface area contributed by atoms with E-state index in [1.807, 2.05) is 77.4 Å². The van der Waals surface area contributed by atoms with Gasteiger partial charge < -0.3 is 0 Å². The molecule has 0 amide bonds. The van der Waals surface area contributed by atoms with E-state index >= 15 is 0 Å². The molecule has 0 unspecified atom stereocenters. The van der Waals surface area contributed by atoms with Crippen molar-refractivity contribution in [2.75, 3.05) is 0 Å². The Kier molecular flexibility index (Phi) is 3.81. The number of H-pyrrole nitrogens is 1. The topological polar surface area (TPSA) is 45.5 Å². The summed E-state index contributed by atoms with van der Waals surface area (Å²) in [5, 5.41) is 1.31. The summed E-state index contributed by atoms with van der Waals surface area (Å²) in [5.74, 6) is 0.838. The van der Waals surface area contributed by atoms with Crippen molar-refractivity contribution in [1.82, 2.24) is 15.0 Å². The number of nitrogens with zero attached hydrogens (tertiary/aromatic N) is 3. The molecule has 2 aromatic heterocycles. The van der Waals surface area contributed by atoms with Crippen LogP contribution >= 0.6 is 23.2 Å². The van der Waals surface area contributed by atoms with Gasteiger partial charge in [-0.05, 0) is 48.5 Å². The van der Waals surface area contributed by atoms with Gasteiger partial charge in [-0.25, -0.2) is 4.98 Å². The molecule has 5 aromatic rings. The number of hydrogen-bond acceptors (Lipinski definition) is 2. The zero-order valence-electron chi connectivity index (χ0n) is 14.0. The average molecular weight is 392 g/mol. The Balaban J connectivity index is 1.90. The molecule has 2 heterocycles. The summed E-state index contributed by atoms with van der Waals surface area (Å²) in [5.41, 5.74) is 4.86. The summed E-state index contributed by atoms with van der Waals surface area (Å²) in [7, 11) is 0. The highest BCUT2D eigenvalue weighted by atomic mass is 35.5. The van der Waals surface area contributed by atoms with Crippen molar-refractivity contribution in [2.45, 2.75) is 0 Å². The number of imidazole rings is 1. The van der Waals surface area contributed by atoms with Gasteiger partial charge in [0.1, 0.15) is 11.2 Å². The van der Waals surface area contributed by atoms with E-state index in [-0.39, 0.29) is 0 Å². The molecule has 5 rings (SSSR count). The summed E-state index contributed by atoms with van der Waals surface area (Å²) in [4.78, 5) is 13.0. The van der Waals surface area contributed by atoms with Crippen LogP contribution in [0, 0.1) is 0 Å². The number of rotatable bonds is 2. The molecule has 3 aromatic carbocycles. The fourth-order valence-corrected chi connectivity index (χ4v) is 3.53. The van der Waals surface area contributed by atoms with Crippen LogP contribution in [-0.2, 0) is 0 Å². The Morgan fingerprint density at radius 3 is 2.15 bits per heavy atom. The molecule has 0 aliphatic heterocycles. The van der Waals surface area contributed by atoms with Gasteiger partial charge >= 0.3 is 5.65 Å². The first-order chi connectivity index (χ1) is 13.2. The predicted octanol–water partition coefficient (Wildman–Crippen LogP) is 5.36. The van der Waals surface area contributed by atoms with E-state index in [1.165, 1.54) is 0 Å². The molecule has 27 heavy (non-hydrogen) atoms. The van der Waals surface area contributed by atoms with Gasteiger partial charge in [0, 0.05) is 10.6 Å². The van der Waals surface area contributed by atoms with Crippen molar-refractivity contribution in [2.24, 2.45) is 0 Å². The largest absolute Gasteiger partial charge is 0.328 e. The second-order valence-electron chi connectivity index (χ2n) is 6.15. The van der Waals surface area contributed by atoms with Crippen LogP contribution in [0.3, 0.4) is 0 Å². The third-order valence-corrected chi connectivity index (χ3v) is 5.01. The lowest BCUT2D eigenvalue weighted by atomic mass is 10.2. The number of para-hydroxylation sites is 3. The number of nitrogens with one attached hydrogen (secondary N) is 1. The van der Waals surface area contributed by atoms with Crippen LogP contribution in [0.2, 0.25) is 10.0 Å². The highest BCUT2D eigenvalue weighted by Gasteiger charge is 2.25. The fraction of sp³-hybridized carbons (Fsp3) is 0. The van der Waals surface area contributed by atoms with E-state index in [0.29, 0.717) is 21.3 Å². The highest BCUT2D eigenvalue weighted by Crippen LogP contribution is 2.25. The Morgan fingerprint density at radius 1 is 0.741 bits per heavy atom. The van der Waals surface area contributed by atoms with Gasteiger partial charge in [0.2, 0.25) is 5.82 Å². The molecule has 0 saturated carbocycles. The summed E-state index contributed by atoms with van der Waals surface area (Å²) in [6.07, 6.45) is 0. The molecule has 0 fully saturated rings. The standard InChI is InChI=1S/C21H12Cl2N4/c22-14-11-9-13(10-12-14)20-26-19-21(25-17-7-3-2-6-16(17)24-19)27(20)18-8-4-1-5-15(18)23/h1-12H/p+1. The number of aromatic amines is 1. The van der Waals surface area contributed by atoms with Crippen LogP contribution in [0.1, 0.15) is 0 Å². The quantitative estimate of drug-likeness (QED) is 0.411. The molecule has 0 radical (unpaired) electrons. The first-order valence-corrected chi connectivity index (χ1v) is 9.18. The molecule has 4 nitrogen and oxygen atoms in total. The van der Waals surface area contributed by atoms with E-state index < -0.39 is 0 Å². The predicted molar refractivity (Wildman–Crippen MR) is 108 cm³/mol. The Labute approximate surface area is 165 Å². The first kappa shape index (κ1) is 16.2. The van der Waals surface area contributed by atoms with Crippen molar-refractivity contribution in [3.8, 4) is 17.1 Å². The van der Waals surface area contributed by atoms with Gasteiger partial charge in [-0.1, -0.05) is 52.5 Å². The molecule has 0 saturated heterocycles. The number of fused-ring (bicyclic) bond motifs is 2. The zero-order chi connectivity index (χ0) is 18.4. The zero-order valence-corrected chi connectivity index (χ0v) is 15.5. The lowest BCUT2D eigenvalue weighted by Crippen LogP contribution is -2.33. The second-order valence-corrected chi connectivity index (χ2v) is 7.00. The van der Waals surface area contributed by atoms with E-state index in [9.17, 15) is 0 Å². The van der Waals surface area contributed by atoms with Gasteiger partial charge in [0.05, 0.1) is 5.02 Å². The van der Waals surface area contributed by atoms with Crippen LogP contribution in [0.15, 0.2) is 72.8 Å². The number of hydrogen-bond donors (Lipinski definition) is 1. The highest BCUT2D eigenvalue weighted by molar-refractivity contribution is 6.32. The minimum absolute atomic E-state index is 0.633. The van der Waals surface area contributed by atoms with Crippen molar-refractivity contribution >= 4 is 45.5 Å². The third-order valence-electron chi connectivity index (χ3n) is 4.44. The maximum Gasteiger partial charge on any atom is 0.328 e. The van der Waals surface area contributed by atoms with Gasteiger partial charge in [0.15, 0.2) is 5.52 Å². The molecular formula is C21H13Cl2N4+. The van der Waals surface area contributed by atoms with Crippen molar-refractivity contribution in [3.05, 3.63) is 82.8 Å². The summed E-state index contributed by atoms with van der Waals surface area (Å²) < 4.78 is 2.00. The molecule has 1 N–H and O–H groups in total. The maximum atomic E-state index is 6.51. The van der Waals surface area contributed by atoms with E-state index in [4.69, 9.17) is 33.2 Å². The van der Waals surface area contributed by atoms with Crippen LogP contribution in [0.4, 0.5) is 0 Å². The maximum absolute atomic E-state index is 6.51. The lowest BCUT2D eigenvalue weighted by molar-refractivity contribution is -0.556. The van der Waals surface area contributed by atoms with Crippen LogP contribution < -0.4 is 4.57 Å². The number of aromatic nitrogens is 4. The van der Waals surface area contributed by atoms with Crippen molar-refractivity contribution < 1.29 is 4.57 Å². The van der Waals surface area contributed by atoms with E-state index in [0.717, 1.165) is 28.1 Å². The Hall–Kier alpha value is -2.95. The number of halogens is 2.